The predicted molar refractivity (Wildman–Crippen MR) is 117 cm³/mol. The Kier molecular flexibility index (Phi) is 5.11. The van der Waals surface area contributed by atoms with Crippen molar-refractivity contribution in [2.75, 3.05) is 23.3 Å². The highest BCUT2D eigenvalue weighted by Crippen LogP contribution is 2.30. The van der Waals surface area contributed by atoms with Gasteiger partial charge in [-0.2, -0.15) is 0 Å². The Morgan fingerprint density at radius 3 is 2.77 bits per heavy atom. The first-order valence-electron chi connectivity index (χ1n) is 9.76. The zero-order valence-corrected chi connectivity index (χ0v) is 17.7. The second-order valence-electron chi connectivity index (χ2n) is 7.40. The van der Waals surface area contributed by atoms with Gasteiger partial charge in [-0.05, 0) is 44.5 Å². The molecule has 0 saturated heterocycles. The van der Waals surface area contributed by atoms with Crippen LogP contribution < -0.4 is 15.8 Å². The minimum absolute atomic E-state index is 0.0533. The van der Waals surface area contributed by atoms with Crippen LogP contribution in [0.1, 0.15) is 41.5 Å². The summed E-state index contributed by atoms with van der Waals surface area (Å²) in [5.74, 6) is -0.499. The molecule has 3 heterocycles. The number of pyridine rings is 1. The Labute approximate surface area is 178 Å². The van der Waals surface area contributed by atoms with Gasteiger partial charge in [0.05, 0.1) is 22.6 Å². The fraction of sp³-hybridized carbons (Fsp3) is 0.333. The van der Waals surface area contributed by atoms with Crippen LogP contribution in [0, 0.1) is 6.92 Å². The summed E-state index contributed by atoms with van der Waals surface area (Å²) in [7, 11) is 0. The molecule has 0 radical (unpaired) electrons. The first-order chi connectivity index (χ1) is 14.3. The van der Waals surface area contributed by atoms with Gasteiger partial charge in [0.1, 0.15) is 5.15 Å². The van der Waals surface area contributed by atoms with Crippen molar-refractivity contribution in [3.63, 3.8) is 0 Å². The molecule has 9 heteroatoms. The summed E-state index contributed by atoms with van der Waals surface area (Å²) in [6.45, 7) is 8.02. The van der Waals surface area contributed by atoms with Gasteiger partial charge in [0.2, 0.25) is 5.95 Å². The summed E-state index contributed by atoms with van der Waals surface area (Å²) >= 11 is 5.86. The maximum Gasteiger partial charge on any atom is 0.356 e. The third kappa shape index (κ3) is 3.37. The van der Waals surface area contributed by atoms with Crippen molar-refractivity contribution >= 4 is 40.1 Å². The Bertz CT molecular complexity index is 1220. The lowest BCUT2D eigenvalue weighted by atomic mass is 10.0. The van der Waals surface area contributed by atoms with Gasteiger partial charge >= 0.3 is 5.97 Å². The lowest BCUT2D eigenvalue weighted by molar-refractivity contribution is 0.0691. The molecule has 2 aromatic heterocycles. The average Bonchev–Trinajstić information content (AvgIpc) is 3.12. The highest BCUT2D eigenvalue weighted by atomic mass is 35.5. The van der Waals surface area contributed by atoms with Gasteiger partial charge in [0.25, 0.3) is 5.56 Å². The molecule has 4 rings (SSSR count). The summed E-state index contributed by atoms with van der Waals surface area (Å²) < 4.78 is 1.72. The largest absolute Gasteiger partial charge is 0.476 e. The van der Waals surface area contributed by atoms with E-state index in [1.54, 1.807) is 10.6 Å². The molecule has 3 aromatic rings. The number of rotatable bonds is 5. The Morgan fingerprint density at radius 1 is 1.30 bits per heavy atom. The van der Waals surface area contributed by atoms with Crippen molar-refractivity contribution in [3.05, 3.63) is 56.6 Å². The number of carboxylic acid groups (broad SMARTS) is 1. The minimum atomic E-state index is -1.17. The molecule has 1 aliphatic rings. The summed E-state index contributed by atoms with van der Waals surface area (Å²) in [4.78, 5) is 35.5. The SMILES string of the molecule is CCN1CCn2c1nc1c(C(C)Nc3ccc(Cl)nc3C(=O)O)cc(C)cc1c2=O. The molecule has 0 saturated carbocycles. The second kappa shape index (κ2) is 7.60. The topological polar surface area (TPSA) is 100 Å². The number of nitrogens with one attached hydrogen (secondary N) is 1. The van der Waals surface area contributed by atoms with Gasteiger partial charge in [-0.3, -0.25) is 9.36 Å². The van der Waals surface area contributed by atoms with Crippen LogP contribution in [0.4, 0.5) is 11.6 Å². The van der Waals surface area contributed by atoms with Crippen LogP contribution in [0.5, 0.6) is 0 Å². The van der Waals surface area contributed by atoms with Crippen LogP contribution in [0.25, 0.3) is 10.9 Å². The first-order valence-corrected chi connectivity index (χ1v) is 10.1. The smallest absolute Gasteiger partial charge is 0.356 e. The zero-order valence-electron chi connectivity index (χ0n) is 16.9. The van der Waals surface area contributed by atoms with E-state index in [1.807, 2.05) is 32.9 Å². The van der Waals surface area contributed by atoms with E-state index in [9.17, 15) is 14.7 Å². The van der Waals surface area contributed by atoms with E-state index >= 15 is 0 Å². The number of hydrogen-bond donors (Lipinski definition) is 2. The molecule has 156 valence electrons. The number of likely N-dealkylation sites (N-methyl/N-ethyl adjacent to an activating group) is 1. The van der Waals surface area contributed by atoms with Crippen molar-refractivity contribution in [2.45, 2.75) is 33.4 Å². The number of aromatic carboxylic acids is 1. The third-order valence-electron chi connectivity index (χ3n) is 5.37. The molecule has 1 unspecified atom stereocenters. The molecule has 0 spiro atoms. The highest BCUT2D eigenvalue weighted by Gasteiger charge is 2.24. The molecule has 1 atom stereocenters. The lowest BCUT2D eigenvalue weighted by Gasteiger charge is -2.20. The van der Waals surface area contributed by atoms with Crippen molar-refractivity contribution in [1.29, 1.82) is 0 Å². The molecular weight excluding hydrogens is 406 g/mol. The van der Waals surface area contributed by atoms with Gasteiger partial charge < -0.3 is 15.3 Å². The fourth-order valence-corrected chi connectivity index (χ4v) is 4.06. The van der Waals surface area contributed by atoms with E-state index in [0.29, 0.717) is 29.1 Å². The molecule has 30 heavy (non-hydrogen) atoms. The van der Waals surface area contributed by atoms with Crippen LogP contribution in [-0.4, -0.2) is 38.7 Å². The molecule has 0 bridgehead atoms. The summed E-state index contributed by atoms with van der Waals surface area (Å²) in [6.07, 6.45) is 0. The van der Waals surface area contributed by atoms with E-state index in [-0.39, 0.29) is 22.4 Å². The number of aromatic nitrogens is 3. The Hall–Kier alpha value is -3.13. The van der Waals surface area contributed by atoms with Crippen molar-refractivity contribution in [1.82, 2.24) is 14.5 Å². The molecule has 0 amide bonds. The van der Waals surface area contributed by atoms with Crippen LogP contribution in [0.3, 0.4) is 0 Å². The van der Waals surface area contributed by atoms with Gasteiger partial charge in [0, 0.05) is 25.2 Å². The number of hydrogen-bond acceptors (Lipinski definition) is 6. The number of carbonyl (C=O) groups is 1. The summed E-state index contributed by atoms with van der Waals surface area (Å²) in [5.41, 5.74) is 2.52. The number of nitrogens with zero attached hydrogens (tertiary/aromatic N) is 4. The molecule has 1 aromatic carbocycles. The van der Waals surface area contributed by atoms with Gasteiger partial charge in [0.15, 0.2) is 5.69 Å². The van der Waals surface area contributed by atoms with Gasteiger partial charge in [-0.25, -0.2) is 14.8 Å². The third-order valence-corrected chi connectivity index (χ3v) is 5.58. The van der Waals surface area contributed by atoms with Crippen LogP contribution >= 0.6 is 11.6 Å². The number of aryl methyl sites for hydroxylation is 1. The van der Waals surface area contributed by atoms with Crippen LogP contribution in [0.2, 0.25) is 5.15 Å². The van der Waals surface area contributed by atoms with Gasteiger partial charge in [-0.1, -0.05) is 17.7 Å². The van der Waals surface area contributed by atoms with Gasteiger partial charge in [-0.15, -0.1) is 0 Å². The number of anilines is 2. The lowest BCUT2D eigenvalue weighted by Crippen LogP contribution is -2.23. The fourth-order valence-electron chi connectivity index (χ4n) is 3.91. The predicted octanol–water partition coefficient (Wildman–Crippen LogP) is 3.46. The number of benzene rings is 1. The van der Waals surface area contributed by atoms with Crippen molar-refractivity contribution in [3.8, 4) is 0 Å². The first kappa shape index (κ1) is 20.2. The van der Waals surface area contributed by atoms with Crippen molar-refractivity contribution < 1.29 is 9.90 Å². The van der Waals surface area contributed by atoms with E-state index in [0.717, 1.165) is 24.2 Å². The van der Waals surface area contributed by atoms with Crippen LogP contribution in [0.15, 0.2) is 29.1 Å². The maximum atomic E-state index is 13.1. The molecule has 0 fully saturated rings. The molecular formula is C21H22ClN5O3. The zero-order chi connectivity index (χ0) is 21.6. The van der Waals surface area contributed by atoms with E-state index in [4.69, 9.17) is 16.6 Å². The highest BCUT2D eigenvalue weighted by molar-refractivity contribution is 6.29. The molecule has 2 N–H and O–H groups in total. The van der Waals surface area contributed by atoms with E-state index < -0.39 is 5.97 Å². The summed E-state index contributed by atoms with van der Waals surface area (Å²) in [6, 6.07) is 6.63. The minimum Gasteiger partial charge on any atom is -0.476 e. The van der Waals surface area contributed by atoms with Crippen LogP contribution in [-0.2, 0) is 6.54 Å². The molecule has 0 aliphatic carbocycles. The van der Waals surface area contributed by atoms with Crippen molar-refractivity contribution in [2.24, 2.45) is 0 Å². The average molecular weight is 428 g/mol. The van der Waals surface area contributed by atoms with E-state index in [1.165, 1.54) is 6.07 Å². The normalized spacial score (nSPS) is 14.1. The number of fused-ring (bicyclic) bond motifs is 2. The Morgan fingerprint density at radius 2 is 2.07 bits per heavy atom. The summed E-state index contributed by atoms with van der Waals surface area (Å²) in [5, 5.41) is 13.3. The molecule has 8 nitrogen and oxygen atoms in total. The number of halogens is 1. The Balaban J connectivity index is 1.84. The number of carboxylic acids is 1. The maximum absolute atomic E-state index is 13.1. The monoisotopic (exact) mass is 427 g/mol. The standard InChI is InChI=1S/C21H22ClN5O3/c1-4-26-7-8-27-19(28)14-10-11(2)9-13(17(14)25-21(26)27)12(3)23-15-5-6-16(22)24-18(15)20(29)30/h5-6,9-10,12,23H,4,7-8H2,1-3H3,(H,29,30). The second-order valence-corrected chi connectivity index (χ2v) is 7.79. The quantitative estimate of drug-likeness (QED) is 0.601. The van der Waals surface area contributed by atoms with E-state index in [2.05, 4.69) is 15.2 Å². The molecule has 1 aliphatic heterocycles.